The van der Waals surface area contributed by atoms with Crippen LogP contribution in [0.25, 0.3) is 10.8 Å². The molecule has 2 aliphatic heterocycles. The molecule has 4 aromatic rings. The summed E-state index contributed by atoms with van der Waals surface area (Å²) in [7, 11) is 0. The van der Waals surface area contributed by atoms with E-state index < -0.39 is 23.6 Å². The van der Waals surface area contributed by atoms with Crippen LogP contribution in [-0.4, -0.2) is 28.6 Å². The minimum atomic E-state index is -0.511. The van der Waals surface area contributed by atoms with Crippen LogP contribution in [0.4, 0.5) is 11.4 Å². The van der Waals surface area contributed by atoms with E-state index in [1.807, 2.05) is 0 Å². The predicted molar refractivity (Wildman–Crippen MR) is 117 cm³/mol. The molecule has 7 nitrogen and oxygen atoms in total. The van der Waals surface area contributed by atoms with Crippen molar-refractivity contribution >= 4 is 45.8 Å². The van der Waals surface area contributed by atoms with Gasteiger partial charge in [-0.15, -0.1) is 0 Å². The Morgan fingerprint density at radius 3 is 1.25 bits per heavy atom. The molecule has 7 heteroatoms. The fraction of sp³-hybridized carbons (Fsp3) is 0. The van der Waals surface area contributed by atoms with Gasteiger partial charge in [0.15, 0.2) is 0 Å². The number of anilines is 2. The summed E-state index contributed by atoms with van der Waals surface area (Å²) in [6.45, 7) is 0. The van der Waals surface area contributed by atoms with Gasteiger partial charge in [-0.2, -0.15) is 0 Å². The van der Waals surface area contributed by atoms with Crippen LogP contribution < -0.4 is 9.80 Å². The smallest absolute Gasteiger partial charge is 0.265 e. The Labute approximate surface area is 181 Å². The first-order valence-corrected chi connectivity index (χ1v) is 9.90. The van der Waals surface area contributed by atoms with Crippen LogP contribution in [0.5, 0.6) is 0 Å². The lowest BCUT2D eigenvalue weighted by Crippen LogP contribution is -2.43. The first-order valence-electron chi connectivity index (χ1n) is 9.90. The number of carbonyl (C=O) groups excluding carboxylic acids is 4. The van der Waals surface area contributed by atoms with Crippen LogP contribution >= 0.6 is 0 Å². The number of aromatic nitrogens is 1. The highest BCUT2D eigenvalue weighted by Crippen LogP contribution is 2.39. The van der Waals surface area contributed by atoms with Gasteiger partial charge in [0.25, 0.3) is 23.6 Å². The Morgan fingerprint density at radius 1 is 0.469 bits per heavy atom. The van der Waals surface area contributed by atoms with Crippen molar-refractivity contribution in [2.24, 2.45) is 0 Å². The largest absolute Gasteiger partial charge is 0.268 e. The van der Waals surface area contributed by atoms with Gasteiger partial charge in [0, 0.05) is 45.4 Å². The molecule has 0 saturated heterocycles. The van der Waals surface area contributed by atoms with E-state index in [1.54, 1.807) is 66.7 Å². The number of benzene rings is 3. The summed E-state index contributed by atoms with van der Waals surface area (Å²) in [5.41, 5.74) is 1.95. The number of pyridine rings is 1. The third kappa shape index (κ3) is 2.27. The van der Waals surface area contributed by atoms with E-state index in [0.29, 0.717) is 22.1 Å². The molecule has 152 valence electrons. The van der Waals surface area contributed by atoms with Crippen molar-refractivity contribution in [3.63, 3.8) is 0 Å². The highest BCUT2D eigenvalue weighted by Gasteiger charge is 2.40. The SMILES string of the molecule is O=C1c2ccc3c4c(ccc(c24)C(=O)N1c1ccccc1)C(=O)N(c1ccncc1)C3=O. The van der Waals surface area contributed by atoms with E-state index in [2.05, 4.69) is 4.98 Å². The second-order valence-corrected chi connectivity index (χ2v) is 7.50. The molecule has 0 saturated carbocycles. The zero-order valence-electron chi connectivity index (χ0n) is 16.5. The molecule has 0 spiro atoms. The summed E-state index contributed by atoms with van der Waals surface area (Å²) in [5, 5.41) is 0.688. The lowest BCUT2D eigenvalue weighted by molar-refractivity contribution is 0.0873. The van der Waals surface area contributed by atoms with Crippen LogP contribution in [0, 0.1) is 0 Å². The van der Waals surface area contributed by atoms with Crippen LogP contribution in [0.2, 0.25) is 0 Å². The number of amides is 4. The fourth-order valence-electron chi connectivity index (χ4n) is 4.41. The van der Waals surface area contributed by atoms with Crippen LogP contribution in [0.1, 0.15) is 41.4 Å². The number of hydrogen-bond acceptors (Lipinski definition) is 5. The van der Waals surface area contributed by atoms with Crippen LogP contribution in [0.3, 0.4) is 0 Å². The zero-order chi connectivity index (χ0) is 22.0. The predicted octanol–water partition coefficient (Wildman–Crippen LogP) is 3.84. The Bertz CT molecular complexity index is 1310. The molecule has 1 aromatic heterocycles. The van der Waals surface area contributed by atoms with E-state index in [9.17, 15) is 19.2 Å². The molecule has 6 rings (SSSR count). The van der Waals surface area contributed by atoms with E-state index in [-0.39, 0.29) is 22.3 Å². The quantitative estimate of drug-likeness (QED) is 0.461. The number of hydrogen-bond donors (Lipinski definition) is 0. The highest BCUT2D eigenvalue weighted by molar-refractivity contribution is 6.42. The molecule has 0 aliphatic carbocycles. The van der Waals surface area contributed by atoms with Crippen LogP contribution in [0.15, 0.2) is 79.1 Å². The topological polar surface area (TPSA) is 87.7 Å². The Hall–Kier alpha value is -4.65. The molecule has 3 aromatic carbocycles. The standard InChI is InChI=1S/C25H13N3O4/c29-22-16-6-8-18-21-19(25(32)28(24(18)31)15-10-12-26-13-11-15)9-7-17(20(16)21)23(30)27(22)14-4-2-1-3-5-14/h1-13H. The average Bonchev–Trinajstić information content (AvgIpc) is 2.83. The van der Waals surface area contributed by atoms with Crippen molar-refractivity contribution in [3.8, 4) is 0 Å². The van der Waals surface area contributed by atoms with Crippen molar-refractivity contribution in [3.05, 3.63) is 101 Å². The molecule has 0 unspecified atom stereocenters. The van der Waals surface area contributed by atoms with Gasteiger partial charge in [-0.3, -0.25) is 24.2 Å². The molecule has 0 radical (unpaired) electrons. The Morgan fingerprint density at radius 2 is 0.844 bits per heavy atom. The van der Waals surface area contributed by atoms with Gasteiger partial charge in [-0.05, 0) is 48.5 Å². The average molecular weight is 419 g/mol. The first kappa shape index (κ1) is 18.1. The maximum absolute atomic E-state index is 13.3. The van der Waals surface area contributed by atoms with E-state index in [4.69, 9.17) is 0 Å². The molecular formula is C25H13N3O4. The lowest BCUT2D eigenvalue weighted by atomic mass is 9.85. The molecule has 2 aliphatic rings. The fourth-order valence-corrected chi connectivity index (χ4v) is 4.41. The zero-order valence-corrected chi connectivity index (χ0v) is 16.5. The minimum absolute atomic E-state index is 0.269. The molecule has 0 atom stereocenters. The molecule has 3 heterocycles. The van der Waals surface area contributed by atoms with Gasteiger partial charge >= 0.3 is 0 Å². The number of para-hydroxylation sites is 1. The van der Waals surface area contributed by atoms with Crippen molar-refractivity contribution in [1.82, 2.24) is 4.98 Å². The maximum Gasteiger partial charge on any atom is 0.265 e. The van der Waals surface area contributed by atoms with Gasteiger partial charge in [-0.1, -0.05) is 18.2 Å². The second-order valence-electron chi connectivity index (χ2n) is 7.50. The maximum atomic E-state index is 13.3. The monoisotopic (exact) mass is 419 g/mol. The number of rotatable bonds is 2. The van der Waals surface area contributed by atoms with Gasteiger partial charge in [0.1, 0.15) is 0 Å². The van der Waals surface area contributed by atoms with Gasteiger partial charge < -0.3 is 0 Å². The summed E-state index contributed by atoms with van der Waals surface area (Å²) >= 11 is 0. The molecule has 32 heavy (non-hydrogen) atoms. The third-order valence-corrected chi connectivity index (χ3v) is 5.83. The Kier molecular flexibility index (Phi) is 3.64. The molecule has 4 amide bonds. The summed E-state index contributed by atoms with van der Waals surface area (Å²) in [6.07, 6.45) is 3.00. The van der Waals surface area contributed by atoms with E-state index >= 15 is 0 Å². The van der Waals surface area contributed by atoms with E-state index in [0.717, 1.165) is 9.80 Å². The van der Waals surface area contributed by atoms with Crippen molar-refractivity contribution in [2.45, 2.75) is 0 Å². The van der Waals surface area contributed by atoms with Gasteiger partial charge in [0.2, 0.25) is 0 Å². The molecule has 0 fully saturated rings. The highest BCUT2D eigenvalue weighted by atomic mass is 16.2. The van der Waals surface area contributed by atoms with Crippen molar-refractivity contribution in [1.29, 1.82) is 0 Å². The molecule has 0 bridgehead atoms. The lowest BCUT2D eigenvalue weighted by Gasteiger charge is -2.31. The Balaban J connectivity index is 1.59. The number of carbonyl (C=O) groups is 4. The normalized spacial score (nSPS) is 15.0. The van der Waals surface area contributed by atoms with Gasteiger partial charge in [-0.25, -0.2) is 9.80 Å². The van der Waals surface area contributed by atoms with Gasteiger partial charge in [0.05, 0.1) is 11.4 Å². The van der Waals surface area contributed by atoms with Crippen molar-refractivity contribution < 1.29 is 19.2 Å². The van der Waals surface area contributed by atoms with Crippen molar-refractivity contribution in [2.75, 3.05) is 9.80 Å². The summed E-state index contributed by atoms with van der Waals surface area (Å²) < 4.78 is 0. The number of imide groups is 2. The molecule has 0 N–H and O–H groups in total. The van der Waals surface area contributed by atoms with E-state index in [1.165, 1.54) is 12.4 Å². The van der Waals surface area contributed by atoms with Crippen LogP contribution in [-0.2, 0) is 0 Å². The number of nitrogens with zero attached hydrogens (tertiary/aromatic N) is 3. The first-order chi connectivity index (χ1) is 15.6. The molecular weight excluding hydrogens is 406 g/mol. The minimum Gasteiger partial charge on any atom is -0.268 e. The summed E-state index contributed by atoms with van der Waals surface area (Å²) in [6, 6.07) is 18.0. The summed E-state index contributed by atoms with van der Waals surface area (Å²) in [5.74, 6) is -2.01. The summed E-state index contributed by atoms with van der Waals surface area (Å²) in [4.78, 5) is 59.4. The second kappa shape index (κ2) is 6.42. The third-order valence-electron chi connectivity index (χ3n) is 5.83.